The van der Waals surface area contributed by atoms with Crippen LogP contribution in [0.2, 0.25) is 6.04 Å². The molecule has 1 aliphatic heterocycles. The van der Waals surface area contributed by atoms with E-state index in [1.54, 1.807) is 27.4 Å². The van der Waals surface area contributed by atoms with Crippen molar-refractivity contribution in [2.24, 2.45) is 0 Å². The van der Waals surface area contributed by atoms with Crippen molar-refractivity contribution in [3.8, 4) is 0 Å². The summed E-state index contributed by atoms with van der Waals surface area (Å²) in [5.74, 6) is -3.68. The Bertz CT molecular complexity index is 1230. The fourth-order valence-corrected chi connectivity index (χ4v) is 8.10. The van der Waals surface area contributed by atoms with Crippen LogP contribution in [0.4, 0.5) is 79.0 Å². The van der Waals surface area contributed by atoms with Crippen LogP contribution in [-0.4, -0.2) is 148 Å². The lowest BCUT2D eigenvalue weighted by atomic mass is 9.98. The topological polar surface area (TPSA) is 152 Å². The van der Waals surface area contributed by atoms with Gasteiger partial charge in [0.05, 0.1) is 0 Å². The highest BCUT2D eigenvalue weighted by atomic mass is 28.4. The number of ketones is 1. The van der Waals surface area contributed by atoms with Gasteiger partial charge in [0, 0.05) is 75.8 Å². The first kappa shape index (κ1) is 66.9. The number of hydrogen-bond donors (Lipinski definition) is 1. The first-order chi connectivity index (χ1) is 25.8. The third-order valence-corrected chi connectivity index (χ3v) is 14.3. The van der Waals surface area contributed by atoms with E-state index in [2.05, 4.69) is 19.9 Å². The zero-order valence-corrected chi connectivity index (χ0v) is 35.5. The lowest BCUT2D eigenvalue weighted by Gasteiger charge is -2.43. The minimum absolute atomic E-state index is 0. The van der Waals surface area contributed by atoms with Crippen LogP contribution in [0.5, 0.6) is 0 Å². The number of hydrogen-bond acceptors (Lipinski definition) is 11. The van der Waals surface area contributed by atoms with Crippen LogP contribution in [0.3, 0.4) is 0 Å². The van der Waals surface area contributed by atoms with Crippen LogP contribution in [0.1, 0.15) is 12.8 Å². The molecule has 0 aromatic heterocycles. The summed E-state index contributed by atoms with van der Waals surface area (Å²) in [5, 5.41) is 8.89. The highest BCUT2D eigenvalue weighted by molar-refractivity contribution is 6.66. The average molecular weight is 986 g/mol. The van der Waals surface area contributed by atoms with Gasteiger partial charge in [-0.1, -0.05) is 18.2 Å². The van der Waals surface area contributed by atoms with Crippen molar-refractivity contribution in [2.45, 2.75) is 67.1 Å². The fraction of sp³-hybridized carbons (Fsp3) is 0.704. The molecule has 12 nitrogen and oxygen atoms in total. The largest absolute Gasteiger partial charge is 0.529 e. The lowest BCUT2D eigenvalue weighted by Crippen LogP contribution is -2.66. The fourth-order valence-electron chi connectivity index (χ4n) is 3.56. The minimum atomic E-state index is -5.87. The van der Waals surface area contributed by atoms with Crippen molar-refractivity contribution in [3.05, 3.63) is 43.6 Å². The maximum absolute atomic E-state index is 12.7. The Morgan fingerprint density at radius 2 is 1.07 bits per heavy atom. The number of aliphatic hydroxyl groups is 1. The van der Waals surface area contributed by atoms with Crippen molar-refractivity contribution < 1.29 is 134 Å². The van der Waals surface area contributed by atoms with E-state index in [-0.39, 0.29) is 12.9 Å². The molecule has 0 aromatic rings. The Kier molecular flexibility index (Phi) is 28.1. The van der Waals surface area contributed by atoms with E-state index in [9.17, 15) is 83.8 Å². The second-order valence-electron chi connectivity index (χ2n) is 10.3. The van der Waals surface area contributed by atoms with Gasteiger partial charge in [-0.25, -0.2) is 0 Å². The van der Waals surface area contributed by atoms with Crippen molar-refractivity contribution in [1.29, 1.82) is 0 Å². The summed E-state index contributed by atoms with van der Waals surface area (Å²) in [6.45, 7) is 3.58. The van der Waals surface area contributed by atoms with Gasteiger partial charge in [0.2, 0.25) is 0 Å². The van der Waals surface area contributed by atoms with Gasteiger partial charge in [-0.2, -0.15) is 79.0 Å². The Balaban J connectivity index is -0.000000232. The molecule has 0 aliphatic carbocycles. The quantitative estimate of drug-likeness (QED) is 0.0867. The molecule has 0 unspecified atom stereocenters. The predicted octanol–water partition coefficient (Wildman–Crippen LogP) is 7.16. The second kappa shape index (κ2) is 25.2. The molecule has 0 atom stereocenters. The number of Topliss-reactive ketones (excluding diaryl/α,β-unsaturated/α-hetero) is 1. The molecular weight excluding hydrogens is 943 g/mol. The van der Waals surface area contributed by atoms with Crippen molar-refractivity contribution in [1.82, 2.24) is 0 Å². The first-order valence-corrected chi connectivity index (χ1v) is 20.1. The van der Waals surface area contributed by atoms with Gasteiger partial charge in [0.25, 0.3) is 11.2 Å². The summed E-state index contributed by atoms with van der Waals surface area (Å²) in [5.41, 5.74) is -7.31. The van der Waals surface area contributed by atoms with Gasteiger partial charge in [0.15, 0.2) is 0 Å². The molecule has 0 fully saturated rings. The first-order valence-electron chi connectivity index (χ1n) is 14.6. The van der Waals surface area contributed by atoms with Gasteiger partial charge < -0.3 is 57.8 Å². The third-order valence-electron chi connectivity index (χ3n) is 6.90. The maximum Gasteiger partial charge on any atom is 0.529 e. The molecule has 0 saturated heterocycles. The van der Waals surface area contributed by atoms with Gasteiger partial charge in [-0.15, -0.1) is 6.58 Å². The van der Waals surface area contributed by atoms with Crippen LogP contribution in [0.15, 0.2) is 36.2 Å². The zero-order chi connectivity index (χ0) is 47.1. The normalized spacial score (nSPS) is 16.1. The molecule has 0 aromatic carbocycles. The third kappa shape index (κ3) is 18.3. The number of carbonyl (C=O) groups excluding carboxylic acids is 1. The summed E-state index contributed by atoms with van der Waals surface area (Å²) in [4.78, 5) is 9.24. The number of carbonyl (C=O) groups is 1. The van der Waals surface area contributed by atoms with Crippen LogP contribution >= 0.6 is 0 Å². The van der Waals surface area contributed by atoms with E-state index in [1.807, 2.05) is 0 Å². The molecule has 33 heteroatoms. The Labute approximate surface area is 334 Å². The molecule has 0 saturated carbocycles. The predicted molar refractivity (Wildman–Crippen MR) is 176 cm³/mol. The molecule has 60 heavy (non-hydrogen) atoms. The smallest absolute Gasteiger partial charge is 0.412 e. The Morgan fingerprint density at radius 1 is 0.717 bits per heavy atom. The maximum atomic E-state index is 12.7. The molecular formula is C27H43F18O12Si3-. The van der Waals surface area contributed by atoms with Gasteiger partial charge in [-0.3, -0.25) is 4.79 Å². The monoisotopic (exact) mass is 985 g/mol. The van der Waals surface area contributed by atoms with E-state index >= 15 is 0 Å². The number of allylic oxidation sites excluding steroid dienone is 1. The molecule has 0 radical (unpaired) electrons. The van der Waals surface area contributed by atoms with Gasteiger partial charge in [-0.05, 0) is 11.4 Å². The van der Waals surface area contributed by atoms with Crippen LogP contribution in [0, 0.1) is 7.43 Å². The van der Waals surface area contributed by atoms with Gasteiger partial charge in [0.1, 0.15) is 0 Å². The average Bonchev–Trinajstić information content (AvgIpc) is 3.10. The molecule has 1 aliphatic rings. The van der Waals surface area contributed by atoms with E-state index in [0.717, 1.165) is 53.0 Å². The molecule has 0 spiro atoms. The summed E-state index contributed by atoms with van der Waals surface area (Å²) >= 11 is 0. The minimum Gasteiger partial charge on any atom is -0.412 e. The van der Waals surface area contributed by atoms with Crippen LogP contribution in [-0.2, 0) is 44.6 Å². The summed E-state index contributed by atoms with van der Waals surface area (Å²) in [7, 11) is 0.106. The highest BCUT2D eigenvalue weighted by Gasteiger charge is 2.75. The van der Waals surface area contributed by atoms with Gasteiger partial charge >= 0.3 is 69.3 Å². The number of rotatable bonds is 13. The SMILES string of the molecule is C=CC[Si](OC)(OC)OC.CO[Si](/C=C\CC(O)(C(F)(F)F)C(F)(F)F)(OC)OC.CO[Si]1(OC)C=CCC(C(F)(F)F)(C(F)(F)F)O1.O.O=C(C(F)(F)F)C(F)(F)F.[CH3-]. The second-order valence-corrected chi connectivity index (χ2v) is 18.7. The summed E-state index contributed by atoms with van der Waals surface area (Å²) in [6, 6.07) is 0.649. The molecule has 1 rings (SSSR count). The molecule has 0 amide bonds. The number of alkyl halides is 18. The van der Waals surface area contributed by atoms with E-state index in [1.165, 1.54) is 0 Å². The molecule has 1 heterocycles. The van der Waals surface area contributed by atoms with Crippen LogP contribution < -0.4 is 0 Å². The molecule has 362 valence electrons. The standard InChI is InChI=1S/C9H14F6O4Si.C8H10F6O3Si.C6H14O3Si.C3F6O.CH3.H2O/c1-17-20(18-2,19-3)6-4-5-7(16,8(10,11)12)9(13,14)15;1-15-18(16-2)5-3-4-6(17-18,7(9,10)11)8(12,13)14;1-5-6-10(7-2,8-3)9-4;4-2(5,6)1(10)3(7,8)9;;/h4,6,16H,5H2,1-3H3;3,5H,4H2,1-2H3;5H,1,6H2,2-4H3;;1H3;1H2/q;;;;-1;/b6-4-;;;;;. The van der Waals surface area contributed by atoms with E-state index in [0.29, 0.717) is 12.1 Å². The lowest BCUT2D eigenvalue weighted by molar-refractivity contribution is -0.366. The van der Waals surface area contributed by atoms with Crippen molar-refractivity contribution in [2.75, 3.05) is 56.9 Å². The van der Waals surface area contributed by atoms with E-state index < -0.39 is 93.3 Å². The Hall–Kier alpha value is -2.16. The summed E-state index contributed by atoms with van der Waals surface area (Å²) < 4.78 is 259. The number of halogens is 18. The van der Waals surface area contributed by atoms with Crippen LogP contribution in [0.25, 0.3) is 0 Å². The van der Waals surface area contributed by atoms with Crippen molar-refractivity contribution in [3.63, 3.8) is 0 Å². The Morgan fingerprint density at radius 3 is 1.27 bits per heavy atom. The molecule has 0 bridgehead atoms. The summed E-state index contributed by atoms with van der Waals surface area (Å²) in [6.07, 6.45) is -34.8. The van der Waals surface area contributed by atoms with E-state index in [4.69, 9.17) is 31.7 Å². The van der Waals surface area contributed by atoms with Crippen molar-refractivity contribution >= 4 is 32.2 Å². The zero-order valence-electron chi connectivity index (χ0n) is 32.5. The highest BCUT2D eigenvalue weighted by Crippen LogP contribution is 2.51. The molecule has 3 N–H and O–H groups in total.